The molecule has 0 N–H and O–H groups in total. The lowest BCUT2D eigenvalue weighted by molar-refractivity contribution is -0.252. The van der Waals surface area contributed by atoms with Crippen LogP contribution in [0.2, 0.25) is 0 Å². The van der Waals surface area contributed by atoms with Gasteiger partial charge in [-0.3, -0.25) is 0 Å². The maximum atomic E-state index is 12.4. The quantitative estimate of drug-likeness (QED) is 0.400. The molecule has 0 amide bonds. The Balaban J connectivity index is 4.89. The van der Waals surface area contributed by atoms with Crippen LogP contribution in [0.3, 0.4) is 0 Å². The number of rotatable bonds is 4. The third-order valence-electron chi connectivity index (χ3n) is 1.50. The van der Waals surface area contributed by atoms with E-state index in [1.54, 1.807) is 0 Å². The highest BCUT2D eigenvalue weighted by atomic mass is 127. The summed E-state index contributed by atoms with van der Waals surface area (Å²) < 4.78 is 93.1. The Morgan fingerprint density at radius 2 is 1.13 bits per heavy atom. The highest BCUT2D eigenvalue weighted by molar-refractivity contribution is 14.1. The number of alkyl halides is 9. The Morgan fingerprint density at radius 3 is 1.33 bits per heavy atom. The second-order valence-electron chi connectivity index (χ2n) is 2.97. The van der Waals surface area contributed by atoms with Gasteiger partial charge in [0, 0.05) is 29.5 Å². The molecule has 0 aliphatic heterocycles. The largest absolute Gasteiger partial charge is 0.358 e. The van der Waals surface area contributed by atoms with Crippen LogP contribution in [-0.4, -0.2) is 21.7 Å². The average Bonchev–Trinajstić information content (AvgIpc) is 1.77. The van der Waals surface area contributed by atoms with Crippen molar-refractivity contribution in [3.63, 3.8) is 0 Å². The van der Waals surface area contributed by atoms with E-state index in [1.807, 2.05) is 0 Å². The third-order valence-corrected chi connectivity index (χ3v) is 2.29. The summed E-state index contributed by atoms with van der Waals surface area (Å²) in [7, 11) is 0. The summed E-state index contributed by atoms with van der Waals surface area (Å²) in [5, 5.41) is 0. The van der Waals surface area contributed by atoms with Crippen molar-refractivity contribution in [2.24, 2.45) is 0 Å². The van der Waals surface area contributed by atoms with Crippen LogP contribution in [0.5, 0.6) is 0 Å². The molecule has 0 aliphatic carbocycles. The predicted octanol–water partition coefficient (Wildman–Crippen LogP) is 4.33. The Hall–Kier alpha value is 0.170. The smallest absolute Gasteiger partial charge is 0.200 e. The molecular weight excluding hydrogens is 351 g/mol. The van der Waals surface area contributed by atoms with E-state index in [2.05, 4.69) is 0 Å². The first kappa shape index (κ1) is 15.2. The van der Waals surface area contributed by atoms with E-state index in [1.165, 1.54) is 0 Å². The van der Waals surface area contributed by atoms with Crippen LogP contribution in [0.15, 0.2) is 0 Å². The van der Waals surface area contributed by atoms with E-state index in [0.717, 1.165) is 0 Å². The monoisotopic (exact) mass is 356 g/mol. The van der Waals surface area contributed by atoms with Gasteiger partial charge in [0.05, 0.1) is 6.42 Å². The highest BCUT2D eigenvalue weighted by Crippen LogP contribution is 2.49. The van der Waals surface area contributed by atoms with Crippen molar-refractivity contribution in [1.29, 1.82) is 0 Å². The van der Waals surface area contributed by atoms with Crippen molar-refractivity contribution < 1.29 is 35.1 Å². The van der Waals surface area contributed by atoms with Gasteiger partial charge < -0.3 is 0 Å². The molecular formula is C6H5F8I. The summed E-state index contributed by atoms with van der Waals surface area (Å²) in [5.74, 6) is -15.2. The third kappa shape index (κ3) is 3.59. The maximum absolute atomic E-state index is 12.4. The van der Waals surface area contributed by atoms with Gasteiger partial charge in [-0.25, -0.2) is 8.78 Å². The summed E-state index contributed by atoms with van der Waals surface area (Å²) in [6.45, 7) is -0.311. The molecule has 0 radical (unpaired) electrons. The van der Waals surface area contributed by atoms with Gasteiger partial charge in [0.25, 0.3) is 0 Å². The fraction of sp³-hybridized carbons (Fsp3) is 1.00. The SMILES string of the molecule is CC(F)(F)C(F)(F)CC(F)(F)C(F)(F)I. The van der Waals surface area contributed by atoms with E-state index in [4.69, 9.17) is 0 Å². The number of halogens is 9. The zero-order chi connectivity index (χ0) is 12.7. The molecule has 0 spiro atoms. The van der Waals surface area contributed by atoms with E-state index in [9.17, 15) is 35.1 Å². The standard InChI is InChI=1S/C6H5F8I/c1-3(7,8)4(9,10)2-5(11,12)6(13,14)15/h2H2,1H3. The molecule has 15 heavy (non-hydrogen) atoms. The Labute approximate surface area is 93.2 Å². The number of hydrogen-bond acceptors (Lipinski definition) is 0. The van der Waals surface area contributed by atoms with E-state index in [0.29, 0.717) is 0 Å². The fourth-order valence-electron chi connectivity index (χ4n) is 0.534. The van der Waals surface area contributed by atoms with Crippen molar-refractivity contribution in [2.45, 2.75) is 35.0 Å². The minimum Gasteiger partial charge on any atom is -0.200 e. The van der Waals surface area contributed by atoms with Crippen LogP contribution in [-0.2, 0) is 0 Å². The minimum absolute atomic E-state index is 0.0740. The molecule has 0 aliphatic rings. The Bertz CT molecular complexity index is 200. The van der Waals surface area contributed by atoms with Gasteiger partial charge in [-0.2, -0.15) is 26.3 Å². The van der Waals surface area contributed by atoms with Crippen LogP contribution >= 0.6 is 22.6 Å². The van der Waals surface area contributed by atoms with Crippen LogP contribution in [0.1, 0.15) is 13.3 Å². The molecule has 0 saturated heterocycles. The van der Waals surface area contributed by atoms with E-state index < -0.39 is 28.1 Å². The second-order valence-corrected chi connectivity index (χ2v) is 4.33. The first-order valence-electron chi connectivity index (χ1n) is 3.41. The summed E-state index contributed by atoms with van der Waals surface area (Å²) in [5.41, 5.74) is 0. The lowest BCUT2D eigenvalue weighted by atomic mass is 10.1. The minimum atomic E-state index is -5.20. The van der Waals surface area contributed by atoms with Crippen LogP contribution in [0, 0.1) is 0 Å². The van der Waals surface area contributed by atoms with Crippen LogP contribution in [0.4, 0.5) is 35.1 Å². The second kappa shape index (κ2) is 3.88. The summed E-state index contributed by atoms with van der Waals surface area (Å²) >= 11 is -0.0740. The van der Waals surface area contributed by atoms with Gasteiger partial charge in [0.2, 0.25) is 0 Å². The molecule has 0 nitrogen and oxygen atoms in total. The maximum Gasteiger partial charge on any atom is 0.358 e. The summed E-state index contributed by atoms with van der Waals surface area (Å²) in [6.07, 6.45) is -2.90. The van der Waals surface area contributed by atoms with Gasteiger partial charge in [-0.05, 0) is 0 Å². The average molecular weight is 356 g/mol. The van der Waals surface area contributed by atoms with Crippen molar-refractivity contribution in [3.05, 3.63) is 0 Å². The van der Waals surface area contributed by atoms with Crippen molar-refractivity contribution in [3.8, 4) is 0 Å². The normalized spacial score (nSPS) is 15.6. The molecule has 0 aromatic rings. The molecule has 9 heteroatoms. The number of hydrogen-bond donors (Lipinski definition) is 0. The first-order valence-corrected chi connectivity index (χ1v) is 4.49. The molecule has 0 aromatic heterocycles. The lowest BCUT2D eigenvalue weighted by Crippen LogP contribution is -2.47. The van der Waals surface area contributed by atoms with E-state index in [-0.39, 0.29) is 29.5 Å². The zero-order valence-electron chi connectivity index (χ0n) is 7.11. The Kier molecular flexibility index (Phi) is 3.92. The van der Waals surface area contributed by atoms with Crippen LogP contribution in [0.25, 0.3) is 0 Å². The predicted molar refractivity (Wildman–Crippen MR) is 44.1 cm³/mol. The molecule has 0 rings (SSSR count). The molecule has 0 bridgehead atoms. The fourth-order valence-corrected chi connectivity index (χ4v) is 0.725. The molecule has 0 unspecified atom stereocenters. The van der Waals surface area contributed by atoms with Gasteiger partial charge >= 0.3 is 21.7 Å². The van der Waals surface area contributed by atoms with Crippen molar-refractivity contribution >= 4 is 22.6 Å². The van der Waals surface area contributed by atoms with E-state index >= 15 is 0 Å². The molecule has 0 heterocycles. The molecule has 0 atom stereocenters. The zero-order valence-corrected chi connectivity index (χ0v) is 9.27. The summed E-state index contributed by atoms with van der Waals surface area (Å²) in [4.78, 5) is 0. The lowest BCUT2D eigenvalue weighted by Gasteiger charge is -2.29. The Morgan fingerprint density at radius 1 is 0.800 bits per heavy atom. The van der Waals surface area contributed by atoms with Crippen molar-refractivity contribution in [1.82, 2.24) is 0 Å². The molecule has 0 saturated carbocycles. The van der Waals surface area contributed by atoms with Crippen molar-refractivity contribution in [2.75, 3.05) is 0 Å². The molecule has 92 valence electrons. The van der Waals surface area contributed by atoms with Gasteiger partial charge in [0.1, 0.15) is 0 Å². The van der Waals surface area contributed by atoms with Gasteiger partial charge in [-0.15, -0.1) is 0 Å². The molecule has 0 aromatic carbocycles. The van der Waals surface area contributed by atoms with Gasteiger partial charge in [-0.1, -0.05) is 0 Å². The first-order chi connectivity index (χ1) is 6.21. The molecule has 0 fully saturated rings. The van der Waals surface area contributed by atoms with Gasteiger partial charge in [0.15, 0.2) is 0 Å². The summed E-state index contributed by atoms with van der Waals surface area (Å²) in [6, 6.07) is 0. The van der Waals surface area contributed by atoms with Crippen LogP contribution < -0.4 is 0 Å². The highest BCUT2D eigenvalue weighted by Gasteiger charge is 2.64. The topological polar surface area (TPSA) is 0 Å².